The fraction of sp³-hybridized carbons (Fsp3) is 0.250. The van der Waals surface area contributed by atoms with Gasteiger partial charge in [-0.05, 0) is 31.1 Å². The molecule has 0 N–H and O–H groups in total. The molecule has 0 amide bonds. The zero-order valence-electron chi connectivity index (χ0n) is 6.91. The first-order valence-corrected chi connectivity index (χ1v) is 7.49. The molecular formula is C8H9ClNPS. The number of benzene rings is 1. The first-order chi connectivity index (χ1) is 5.74. The standard InChI is InChI=1S/C8H9ClNPS/c1-11(9)10-7-4-3-6(12-2)5-8(7)10/h3-5H,1-2H3. The second kappa shape index (κ2) is 3.10. The molecule has 64 valence electrons. The van der Waals surface area contributed by atoms with E-state index >= 15 is 0 Å². The third-order valence-electron chi connectivity index (χ3n) is 1.86. The topological polar surface area (TPSA) is 3.01 Å². The minimum Gasteiger partial charge on any atom is -0.303 e. The summed E-state index contributed by atoms with van der Waals surface area (Å²) in [5.74, 6) is 0. The number of halogens is 1. The minimum atomic E-state index is -0.496. The first kappa shape index (κ1) is 8.68. The second-order valence-electron chi connectivity index (χ2n) is 2.61. The van der Waals surface area contributed by atoms with Crippen LogP contribution in [-0.2, 0) is 0 Å². The number of thioether (sulfide) groups is 1. The van der Waals surface area contributed by atoms with Crippen molar-refractivity contribution in [1.29, 1.82) is 0 Å². The van der Waals surface area contributed by atoms with Crippen LogP contribution in [0, 0.1) is 0 Å². The summed E-state index contributed by atoms with van der Waals surface area (Å²) in [7, 11) is -0.496. The predicted octanol–water partition coefficient (Wildman–Crippen LogP) is 4.04. The van der Waals surface area contributed by atoms with Gasteiger partial charge in [-0.3, -0.25) is 0 Å². The Labute approximate surface area is 82.7 Å². The lowest BCUT2D eigenvalue weighted by Crippen LogP contribution is -1.80. The lowest BCUT2D eigenvalue weighted by Gasteiger charge is -2.01. The van der Waals surface area contributed by atoms with Crippen LogP contribution in [0.1, 0.15) is 0 Å². The van der Waals surface area contributed by atoms with E-state index in [1.807, 2.05) is 0 Å². The highest BCUT2D eigenvalue weighted by atomic mass is 35.7. The molecule has 0 saturated heterocycles. The van der Waals surface area contributed by atoms with Crippen LogP contribution >= 0.6 is 30.4 Å². The van der Waals surface area contributed by atoms with E-state index in [0.29, 0.717) is 0 Å². The van der Waals surface area contributed by atoms with Crippen LogP contribution in [0.5, 0.6) is 0 Å². The van der Waals surface area contributed by atoms with Crippen LogP contribution in [0.15, 0.2) is 23.1 Å². The molecule has 0 aliphatic carbocycles. The van der Waals surface area contributed by atoms with E-state index in [1.54, 1.807) is 11.8 Å². The Bertz CT molecular complexity index is 316. The van der Waals surface area contributed by atoms with Crippen molar-refractivity contribution in [3.63, 3.8) is 0 Å². The third-order valence-corrected chi connectivity index (χ3v) is 4.03. The van der Waals surface area contributed by atoms with Crippen molar-refractivity contribution in [2.45, 2.75) is 4.90 Å². The van der Waals surface area contributed by atoms with E-state index in [0.717, 1.165) is 0 Å². The molecule has 1 unspecified atom stereocenters. The van der Waals surface area contributed by atoms with Gasteiger partial charge in [0.2, 0.25) is 0 Å². The van der Waals surface area contributed by atoms with Gasteiger partial charge in [0, 0.05) is 4.90 Å². The molecule has 1 heterocycles. The van der Waals surface area contributed by atoms with Crippen molar-refractivity contribution < 1.29 is 0 Å². The van der Waals surface area contributed by atoms with Gasteiger partial charge in [-0.25, -0.2) is 0 Å². The van der Waals surface area contributed by atoms with Gasteiger partial charge in [0.1, 0.15) is 0 Å². The van der Waals surface area contributed by atoms with Gasteiger partial charge in [-0.2, -0.15) is 0 Å². The molecular weight excluding hydrogens is 209 g/mol. The molecule has 0 fully saturated rings. The lowest BCUT2D eigenvalue weighted by molar-refractivity contribution is 1.53. The molecule has 12 heavy (non-hydrogen) atoms. The van der Waals surface area contributed by atoms with Crippen LogP contribution in [0.4, 0.5) is 11.4 Å². The summed E-state index contributed by atoms with van der Waals surface area (Å²) in [6, 6.07) is 6.48. The van der Waals surface area contributed by atoms with Crippen LogP contribution in [0.3, 0.4) is 0 Å². The fourth-order valence-corrected chi connectivity index (χ4v) is 3.04. The molecule has 4 heteroatoms. The Hall–Kier alpha value is 0.0900. The van der Waals surface area contributed by atoms with E-state index < -0.39 is 7.43 Å². The molecule has 1 aromatic rings. The smallest absolute Gasteiger partial charge is 0.0906 e. The Morgan fingerprint density at radius 2 is 2.17 bits per heavy atom. The number of hydrogen-bond acceptors (Lipinski definition) is 2. The van der Waals surface area contributed by atoms with E-state index in [2.05, 4.69) is 35.8 Å². The molecule has 1 aliphatic heterocycles. The summed E-state index contributed by atoms with van der Waals surface area (Å²) < 4.78 is 2.19. The third kappa shape index (κ3) is 1.32. The van der Waals surface area contributed by atoms with Gasteiger partial charge >= 0.3 is 0 Å². The van der Waals surface area contributed by atoms with Gasteiger partial charge in [-0.15, -0.1) is 11.8 Å². The molecule has 1 nitrogen and oxygen atoms in total. The molecule has 0 aromatic heterocycles. The summed E-state index contributed by atoms with van der Waals surface area (Å²) in [5, 5.41) is 0. The summed E-state index contributed by atoms with van der Waals surface area (Å²) in [5.41, 5.74) is 2.61. The predicted molar refractivity (Wildman–Crippen MR) is 59.1 cm³/mol. The molecule has 1 aromatic carbocycles. The fourth-order valence-electron chi connectivity index (χ4n) is 1.24. The number of anilines is 2. The first-order valence-electron chi connectivity index (χ1n) is 3.61. The number of hydrogen-bond donors (Lipinski definition) is 0. The van der Waals surface area contributed by atoms with Crippen molar-refractivity contribution >= 4 is 41.8 Å². The average molecular weight is 218 g/mol. The van der Waals surface area contributed by atoms with Gasteiger partial charge in [0.25, 0.3) is 0 Å². The largest absolute Gasteiger partial charge is 0.303 e. The minimum absolute atomic E-state index is 0.496. The number of rotatable bonds is 2. The molecule has 0 spiro atoms. The molecule has 0 radical (unpaired) electrons. The highest BCUT2D eigenvalue weighted by Gasteiger charge is 2.32. The average Bonchev–Trinajstić information content (AvgIpc) is 2.76. The van der Waals surface area contributed by atoms with E-state index in [4.69, 9.17) is 11.2 Å². The van der Waals surface area contributed by atoms with Crippen molar-refractivity contribution in [2.75, 3.05) is 17.6 Å². The maximum atomic E-state index is 6.02. The second-order valence-corrected chi connectivity index (χ2v) is 6.25. The van der Waals surface area contributed by atoms with Crippen LogP contribution in [0.2, 0.25) is 0 Å². The van der Waals surface area contributed by atoms with E-state index in [-0.39, 0.29) is 0 Å². The Morgan fingerprint density at radius 1 is 1.42 bits per heavy atom. The van der Waals surface area contributed by atoms with Gasteiger partial charge in [0.05, 0.1) is 18.8 Å². The van der Waals surface area contributed by atoms with Gasteiger partial charge in [0.15, 0.2) is 0 Å². The summed E-state index contributed by atoms with van der Waals surface area (Å²) in [6.07, 6.45) is 2.09. The Balaban J connectivity index is 2.26. The van der Waals surface area contributed by atoms with E-state index in [9.17, 15) is 0 Å². The maximum absolute atomic E-state index is 6.02. The van der Waals surface area contributed by atoms with Crippen molar-refractivity contribution in [3.8, 4) is 0 Å². The SMILES string of the molecule is CSc1ccc2c(c1)N2P(C)Cl. The van der Waals surface area contributed by atoms with Crippen molar-refractivity contribution in [1.82, 2.24) is 0 Å². The number of nitrogens with zero attached hydrogens (tertiary/aromatic N) is 1. The maximum Gasteiger partial charge on any atom is 0.0906 e. The van der Waals surface area contributed by atoms with E-state index in [1.165, 1.54) is 16.3 Å². The molecule has 1 atom stereocenters. The summed E-state index contributed by atoms with van der Waals surface area (Å²) in [6.45, 7) is 2.05. The Kier molecular flexibility index (Phi) is 2.24. The zero-order chi connectivity index (χ0) is 8.72. The molecule has 0 bridgehead atoms. The monoisotopic (exact) mass is 217 g/mol. The molecule has 2 rings (SSSR count). The molecule has 0 saturated carbocycles. The van der Waals surface area contributed by atoms with Crippen LogP contribution in [-0.4, -0.2) is 12.9 Å². The van der Waals surface area contributed by atoms with Gasteiger partial charge < -0.3 is 4.67 Å². The Morgan fingerprint density at radius 3 is 2.75 bits per heavy atom. The van der Waals surface area contributed by atoms with Crippen molar-refractivity contribution in [3.05, 3.63) is 18.2 Å². The number of fused-ring (bicyclic) bond motifs is 1. The summed E-state index contributed by atoms with van der Waals surface area (Å²) in [4.78, 5) is 1.31. The highest BCUT2D eigenvalue weighted by Crippen LogP contribution is 2.64. The van der Waals surface area contributed by atoms with Crippen molar-refractivity contribution in [2.24, 2.45) is 0 Å². The van der Waals surface area contributed by atoms with Crippen LogP contribution in [0.25, 0.3) is 0 Å². The van der Waals surface area contributed by atoms with Crippen LogP contribution < -0.4 is 4.67 Å². The normalized spacial score (nSPS) is 15.8. The quantitative estimate of drug-likeness (QED) is 0.418. The zero-order valence-corrected chi connectivity index (χ0v) is 9.38. The molecule has 1 aliphatic rings. The highest BCUT2D eigenvalue weighted by molar-refractivity contribution is 7.98. The van der Waals surface area contributed by atoms with Gasteiger partial charge in [-0.1, -0.05) is 11.2 Å². The lowest BCUT2D eigenvalue weighted by atomic mass is 10.4. The summed E-state index contributed by atoms with van der Waals surface area (Å²) >= 11 is 7.79.